The highest BCUT2D eigenvalue weighted by Crippen LogP contribution is 2.17. The van der Waals surface area contributed by atoms with Gasteiger partial charge in [-0.1, -0.05) is 0 Å². The molecule has 10 heavy (non-hydrogen) atoms. The zero-order valence-corrected chi connectivity index (χ0v) is 6.34. The third-order valence-corrected chi connectivity index (χ3v) is 1.97. The summed E-state index contributed by atoms with van der Waals surface area (Å²) in [5.41, 5.74) is 0. The summed E-state index contributed by atoms with van der Waals surface area (Å²) >= 11 is 0. The van der Waals surface area contributed by atoms with E-state index < -0.39 is 0 Å². The van der Waals surface area contributed by atoms with E-state index >= 15 is 0 Å². The summed E-state index contributed by atoms with van der Waals surface area (Å²) in [5.74, 6) is 0.241. The fraction of sp³-hybridized carbons (Fsp3) is 0.875. The van der Waals surface area contributed by atoms with Gasteiger partial charge in [-0.15, -0.1) is 0 Å². The lowest BCUT2D eigenvalue weighted by atomic mass is 10.0. The second kappa shape index (κ2) is 3.58. The summed E-state index contributed by atoms with van der Waals surface area (Å²) in [6, 6.07) is 2.28. The van der Waals surface area contributed by atoms with Crippen LogP contribution in [-0.4, -0.2) is 12.7 Å². The molecule has 0 aromatic rings. The average Bonchev–Trinajstić information content (AvgIpc) is 2.14. The number of hydrogen-bond donors (Lipinski definition) is 0. The minimum atomic E-state index is 0.241. The van der Waals surface area contributed by atoms with Gasteiger partial charge < -0.3 is 4.74 Å². The van der Waals surface area contributed by atoms with Crippen molar-refractivity contribution in [3.05, 3.63) is 0 Å². The fourth-order valence-electron chi connectivity index (χ4n) is 1.20. The topological polar surface area (TPSA) is 33.0 Å². The molecule has 1 aliphatic rings. The van der Waals surface area contributed by atoms with E-state index in [0.717, 1.165) is 25.9 Å². The zero-order valence-electron chi connectivity index (χ0n) is 6.34. The van der Waals surface area contributed by atoms with Gasteiger partial charge in [-0.2, -0.15) is 5.26 Å². The molecule has 2 unspecified atom stereocenters. The number of nitrogens with zero attached hydrogens (tertiary/aromatic N) is 1. The van der Waals surface area contributed by atoms with E-state index in [1.54, 1.807) is 0 Å². The first kappa shape index (κ1) is 7.56. The van der Waals surface area contributed by atoms with Crippen LogP contribution in [0.5, 0.6) is 0 Å². The highest BCUT2D eigenvalue weighted by molar-refractivity contribution is 4.84. The molecule has 0 spiro atoms. The molecule has 1 fully saturated rings. The first-order valence-corrected chi connectivity index (χ1v) is 3.84. The fourth-order valence-corrected chi connectivity index (χ4v) is 1.20. The lowest BCUT2D eigenvalue weighted by Gasteiger charge is -2.05. The van der Waals surface area contributed by atoms with Gasteiger partial charge in [-0.3, -0.25) is 0 Å². The normalized spacial score (nSPS) is 34.4. The van der Waals surface area contributed by atoms with E-state index in [4.69, 9.17) is 10.00 Å². The van der Waals surface area contributed by atoms with E-state index in [-0.39, 0.29) is 5.92 Å². The van der Waals surface area contributed by atoms with Crippen molar-refractivity contribution in [2.45, 2.75) is 32.3 Å². The number of rotatable bonds is 0. The van der Waals surface area contributed by atoms with E-state index in [1.807, 2.05) is 0 Å². The zero-order chi connectivity index (χ0) is 7.40. The maximum Gasteiger partial charge on any atom is 0.0656 e. The van der Waals surface area contributed by atoms with Crippen molar-refractivity contribution in [1.29, 1.82) is 5.26 Å². The molecule has 0 aromatic carbocycles. The largest absolute Gasteiger partial charge is 0.378 e. The Morgan fingerprint density at radius 1 is 1.40 bits per heavy atom. The van der Waals surface area contributed by atoms with Gasteiger partial charge in [-0.25, -0.2) is 0 Å². The van der Waals surface area contributed by atoms with Crippen molar-refractivity contribution in [3.8, 4) is 6.07 Å². The van der Waals surface area contributed by atoms with Crippen LogP contribution in [0.3, 0.4) is 0 Å². The molecule has 1 aliphatic heterocycles. The third kappa shape index (κ3) is 2.00. The SMILES string of the molecule is CC1CCC(C#N)CCO1. The Hall–Kier alpha value is -0.550. The number of nitriles is 1. The van der Waals surface area contributed by atoms with Crippen molar-refractivity contribution in [2.75, 3.05) is 6.61 Å². The van der Waals surface area contributed by atoms with Crippen LogP contribution in [0.4, 0.5) is 0 Å². The lowest BCUT2D eigenvalue weighted by molar-refractivity contribution is 0.0716. The summed E-state index contributed by atoms with van der Waals surface area (Å²) in [6.07, 6.45) is 3.33. The monoisotopic (exact) mass is 139 g/mol. The van der Waals surface area contributed by atoms with E-state index in [2.05, 4.69) is 13.0 Å². The second-order valence-electron chi connectivity index (χ2n) is 2.87. The highest BCUT2D eigenvalue weighted by atomic mass is 16.5. The first-order valence-electron chi connectivity index (χ1n) is 3.84. The Labute approximate surface area is 61.8 Å². The van der Waals surface area contributed by atoms with Gasteiger partial charge in [0.1, 0.15) is 0 Å². The highest BCUT2D eigenvalue weighted by Gasteiger charge is 2.14. The van der Waals surface area contributed by atoms with Gasteiger partial charge in [0.05, 0.1) is 12.2 Å². The van der Waals surface area contributed by atoms with Crippen molar-refractivity contribution in [2.24, 2.45) is 5.92 Å². The van der Waals surface area contributed by atoms with Crippen LogP contribution in [0.2, 0.25) is 0 Å². The van der Waals surface area contributed by atoms with Crippen molar-refractivity contribution >= 4 is 0 Å². The quantitative estimate of drug-likeness (QED) is 0.512. The molecular weight excluding hydrogens is 126 g/mol. The molecular formula is C8H13NO. The molecule has 1 rings (SSSR count). The maximum atomic E-state index is 8.60. The van der Waals surface area contributed by atoms with Crippen LogP contribution in [0, 0.1) is 17.2 Å². The summed E-state index contributed by atoms with van der Waals surface area (Å²) < 4.78 is 5.38. The molecule has 0 radical (unpaired) electrons. The minimum Gasteiger partial charge on any atom is -0.378 e. The third-order valence-electron chi connectivity index (χ3n) is 1.97. The summed E-state index contributed by atoms with van der Waals surface area (Å²) in [4.78, 5) is 0. The molecule has 0 saturated carbocycles. The van der Waals surface area contributed by atoms with Crippen molar-refractivity contribution in [3.63, 3.8) is 0 Å². The van der Waals surface area contributed by atoms with Crippen LogP contribution < -0.4 is 0 Å². The lowest BCUT2D eigenvalue weighted by Crippen LogP contribution is -2.04. The molecule has 2 atom stereocenters. The molecule has 0 bridgehead atoms. The number of hydrogen-bond acceptors (Lipinski definition) is 2. The van der Waals surface area contributed by atoms with Gasteiger partial charge >= 0.3 is 0 Å². The number of ether oxygens (including phenoxy) is 1. The molecule has 2 heteroatoms. The van der Waals surface area contributed by atoms with Crippen LogP contribution in [0.15, 0.2) is 0 Å². The Bertz CT molecular complexity index is 139. The Morgan fingerprint density at radius 3 is 2.90 bits per heavy atom. The minimum absolute atomic E-state index is 0.241. The van der Waals surface area contributed by atoms with Crippen molar-refractivity contribution < 1.29 is 4.74 Å². The Balaban J connectivity index is 2.35. The van der Waals surface area contributed by atoms with Crippen LogP contribution in [0.1, 0.15) is 26.2 Å². The Kier molecular flexibility index (Phi) is 2.70. The van der Waals surface area contributed by atoms with Gasteiger partial charge in [0.25, 0.3) is 0 Å². The molecule has 2 nitrogen and oxygen atoms in total. The predicted octanol–water partition coefficient (Wildman–Crippen LogP) is 1.72. The summed E-state index contributed by atoms with van der Waals surface area (Å²) in [7, 11) is 0. The molecule has 0 aliphatic carbocycles. The predicted molar refractivity (Wildman–Crippen MR) is 38.4 cm³/mol. The van der Waals surface area contributed by atoms with Gasteiger partial charge in [-0.05, 0) is 26.2 Å². The molecule has 56 valence electrons. The van der Waals surface area contributed by atoms with E-state index in [0.29, 0.717) is 6.10 Å². The standard InChI is InChI=1S/C8H13NO/c1-7-2-3-8(6-9)4-5-10-7/h7-8H,2-5H2,1H3. The summed E-state index contributed by atoms with van der Waals surface area (Å²) in [6.45, 7) is 2.83. The smallest absolute Gasteiger partial charge is 0.0656 e. The van der Waals surface area contributed by atoms with Crippen LogP contribution >= 0.6 is 0 Å². The van der Waals surface area contributed by atoms with Crippen LogP contribution in [0.25, 0.3) is 0 Å². The van der Waals surface area contributed by atoms with E-state index in [1.165, 1.54) is 0 Å². The van der Waals surface area contributed by atoms with Gasteiger partial charge in [0, 0.05) is 12.5 Å². The average molecular weight is 139 g/mol. The molecule has 0 amide bonds. The van der Waals surface area contributed by atoms with Crippen LogP contribution in [-0.2, 0) is 4.74 Å². The Morgan fingerprint density at radius 2 is 2.20 bits per heavy atom. The van der Waals surface area contributed by atoms with Crippen molar-refractivity contribution in [1.82, 2.24) is 0 Å². The molecule has 0 aromatic heterocycles. The summed E-state index contributed by atoms with van der Waals surface area (Å²) in [5, 5.41) is 8.60. The molecule has 0 N–H and O–H groups in total. The second-order valence-corrected chi connectivity index (χ2v) is 2.87. The first-order chi connectivity index (χ1) is 4.83. The van der Waals surface area contributed by atoms with E-state index in [9.17, 15) is 0 Å². The molecule has 1 saturated heterocycles. The van der Waals surface area contributed by atoms with Gasteiger partial charge in [0.2, 0.25) is 0 Å². The molecule has 1 heterocycles. The maximum absolute atomic E-state index is 8.60. The van der Waals surface area contributed by atoms with Gasteiger partial charge in [0.15, 0.2) is 0 Å².